The molecule has 1 heterocycles. The zero-order valence-corrected chi connectivity index (χ0v) is 10.3. The number of benzene rings is 1. The van der Waals surface area contributed by atoms with Crippen LogP contribution in [0.25, 0.3) is 0 Å². The fourth-order valence-corrected chi connectivity index (χ4v) is 1.86. The summed E-state index contributed by atoms with van der Waals surface area (Å²) < 4.78 is 0. The summed E-state index contributed by atoms with van der Waals surface area (Å²) in [7, 11) is 0. The molecule has 0 aliphatic rings. The number of aromatic nitrogens is 1. The Morgan fingerprint density at radius 2 is 2.06 bits per heavy atom. The zero-order valence-electron chi connectivity index (χ0n) is 9.57. The van der Waals surface area contributed by atoms with Crippen molar-refractivity contribution < 1.29 is 0 Å². The van der Waals surface area contributed by atoms with Crippen LogP contribution in [0, 0.1) is 0 Å². The Hall–Kier alpha value is -1.38. The minimum atomic E-state index is 0.786. The molecule has 0 aliphatic heterocycles. The molecular formula is C14H15ClN2. The van der Waals surface area contributed by atoms with Crippen LogP contribution in [0.2, 0.25) is 5.02 Å². The van der Waals surface area contributed by atoms with E-state index >= 15 is 0 Å². The molecule has 0 amide bonds. The topological polar surface area (TPSA) is 24.9 Å². The molecule has 0 saturated carbocycles. The standard InChI is InChI=1S/C14H15ClN2/c15-13-5-3-4-12(10-13)11-16-9-7-14-6-1-2-8-17-14/h1-6,8,10,16H,7,9,11H2. The van der Waals surface area contributed by atoms with Gasteiger partial charge >= 0.3 is 0 Å². The molecule has 0 fully saturated rings. The van der Waals surface area contributed by atoms with Gasteiger partial charge in [-0.2, -0.15) is 0 Å². The molecule has 0 spiro atoms. The van der Waals surface area contributed by atoms with Gasteiger partial charge in [0.2, 0.25) is 0 Å². The van der Waals surface area contributed by atoms with Crippen molar-refractivity contribution in [3.05, 3.63) is 64.9 Å². The van der Waals surface area contributed by atoms with Crippen LogP contribution >= 0.6 is 11.6 Å². The number of rotatable bonds is 5. The lowest BCUT2D eigenvalue weighted by molar-refractivity contribution is 0.680. The van der Waals surface area contributed by atoms with E-state index in [1.165, 1.54) is 5.56 Å². The third-order valence-corrected chi connectivity index (χ3v) is 2.74. The smallest absolute Gasteiger partial charge is 0.0416 e. The van der Waals surface area contributed by atoms with Crippen molar-refractivity contribution >= 4 is 11.6 Å². The molecule has 0 saturated heterocycles. The van der Waals surface area contributed by atoms with Gasteiger partial charge < -0.3 is 5.32 Å². The van der Waals surface area contributed by atoms with Crippen molar-refractivity contribution in [2.24, 2.45) is 0 Å². The molecule has 1 aromatic carbocycles. The Morgan fingerprint density at radius 1 is 1.12 bits per heavy atom. The van der Waals surface area contributed by atoms with Gasteiger partial charge in [-0.3, -0.25) is 4.98 Å². The van der Waals surface area contributed by atoms with Gasteiger partial charge in [0.05, 0.1) is 0 Å². The number of pyridine rings is 1. The average Bonchev–Trinajstić information content (AvgIpc) is 2.36. The number of hydrogen-bond acceptors (Lipinski definition) is 2. The highest BCUT2D eigenvalue weighted by molar-refractivity contribution is 6.30. The Bertz CT molecular complexity index is 457. The molecule has 1 aromatic heterocycles. The lowest BCUT2D eigenvalue weighted by Crippen LogP contribution is -2.17. The summed E-state index contributed by atoms with van der Waals surface area (Å²) in [6, 6.07) is 13.9. The van der Waals surface area contributed by atoms with E-state index < -0.39 is 0 Å². The number of hydrogen-bond donors (Lipinski definition) is 1. The number of nitrogens with one attached hydrogen (secondary N) is 1. The lowest BCUT2D eigenvalue weighted by Gasteiger charge is -2.05. The molecule has 0 bridgehead atoms. The molecule has 88 valence electrons. The molecule has 0 radical (unpaired) electrons. The van der Waals surface area contributed by atoms with Crippen LogP contribution in [0.15, 0.2) is 48.7 Å². The fraction of sp³-hybridized carbons (Fsp3) is 0.214. The van der Waals surface area contributed by atoms with Gasteiger partial charge in [0.15, 0.2) is 0 Å². The third kappa shape index (κ3) is 4.17. The summed E-state index contributed by atoms with van der Waals surface area (Å²) in [4.78, 5) is 4.28. The van der Waals surface area contributed by atoms with Gasteiger partial charge in [0.1, 0.15) is 0 Å². The van der Waals surface area contributed by atoms with Crippen LogP contribution in [-0.4, -0.2) is 11.5 Å². The predicted octanol–water partition coefficient (Wildman–Crippen LogP) is 3.07. The Kier molecular flexibility index (Phi) is 4.54. The summed E-state index contributed by atoms with van der Waals surface area (Å²) in [6.45, 7) is 1.76. The molecule has 2 aromatic rings. The summed E-state index contributed by atoms with van der Waals surface area (Å²) in [5, 5.41) is 4.16. The highest BCUT2D eigenvalue weighted by atomic mass is 35.5. The first-order valence-corrected chi connectivity index (χ1v) is 6.07. The van der Waals surface area contributed by atoms with E-state index in [1.54, 1.807) is 0 Å². The lowest BCUT2D eigenvalue weighted by atomic mass is 10.2. The Balaban J connectivity index is 1.73. The molecular weight excluding hydrogens is 232 g/mol. The second kappa shape index (κ2) is 6.38. The van der Waals surface area contributed by atoms with Crippen molar-refractivity contribution in [3.8, 4) is 0 Å². The first-order chi connectivity index (χ1) is 8.34. The highest BCUT2D eigenvalue weighted by Crippen LogP contribution is 2.10. The SMILES string of the molecule is Clc1cccc(CNCCc2ccccn2)c1. The second-order valence-electron chi connectivity index (χ2n) is 3.88. The van der Waals surface area contributed by atoms with Crippen molar-refractivity contribution in [1.29, 1.82) is 0 Å². The van der Waals surface area contributed by atoms with Gasteiger partial charge in [0.25, 0.3) is 0 Å². The Morgan fingerprint density at radius 3 is 2.82 bits per heavy atom. The van der Waals surface area contributed by atoms with E-state index in [0.717, 1.165) is 30.2 Å². The largest absolute Gasteiger partial charge is 0.312 e. The molecule has 0 atom stereocenters. The summed E-state index contributed by atoms with van der Waals surface area (Å²) in [5.41, 5.74) is 2.32. The molecule has 1 N–H and O–H groups in total. The van der Waals surface area contributed by atoms with E-state index in [-0.39, 0.29) is 0 Å². The molecule has 2 nitrogen and oxygen atoms in total. The molecule has 2 rings (SSSR count). The second-order valence-corrected chi connectivity index (χ2v) is 4.31. The van der Waals surface area contributed by atoms with Crippen LogP contribution in [0.4, 0.5) is 0 Å². The van der Waals surface area contributed by atoms with Gasteiger partial charge in [-0.25, -0.2) is 0 Å². The van der Waals surface area contributed by atoms with Crippen LogP contribution in [0.3, 0.4) is 0 Å². The third-order valence-electron chi connectivity index (χ3n) is 2.50. The first kappa shape index (κ1) is 12.1. The van der Waals surface area contributed by atoms with E-state index in [1.807, 2.05) is 42.6 Å². The van der Waals surface area contributed by atoms with Crippen LogP contribution in [-0.2, 0) is 13.0 Å². The molecule has 17 heavy (non-hydrogen) atoms. The molecule has 0 aliphatic carbocycles. The van der Waals surface area contributed by atoms with E-state index in [9.17, 15) is 0 Å². The molecule has 0 unspecified atom stereocenters. The quantitative estimate of drug-likeness (QED) is 0.821. The van der Waals surface area contributed by atoms with Crippen LogP contribution in [0.1, 0.15) is 11.3 Å². The van der Waals surface area contributed by atoms with Gasteiger partial charge in [0, 0.05) is 36.4 Å². The normalized spacial score (nSPS) is 10.4. The van der Waals surface area contributed by atoms with Crippen molar-refractivity contribution in [1.82, 2.24) is 10.3 Å². The monoisotopic (exact) mass is 246 g/mol. The summed E-state index contributed by atoms with van der Waals surface area (Å²) >= 11 is 5.92. The van der Waals surface area contributed by atoms with Crippen molar-refractivity contribution in [3.63, 3.8) is 0 Å². The van der Waals surface area contributed by atoms with Crippen LogP contribution < -0.4 is 5.32 Å². The highest BCUT2D eigenvalue weighted by Gasteiger charge is 1.95. The first-order valence-electron chi connectivity index (χ1n) is 5.70. The van der Waals surface area contributed by atoms with Crippen molar-refractivity contribution in [2.45, 2.75) is 13.0 Å². The number of nitrogens with zero attached hydrogens (tertiary/aromatic N) is 1. The zero-order chi connectivity index (χ0) is 11.9. The minimum absolute atomic E-state index is 0.786. The fourth-order valence-electron chi connectivity index (χ4n) is 1.64. The van der Waals surface area contributed by atoms with Crippen molar-refractivity contribution in [2.75, 3.05) is 6.54 Å². The maximum atomic E-state index is 5.92. The summed E-state index contributed by atoms with van der Waals surface area (Å²) in [5.74, 6) is 0. The van der Waals surface area contributed by atoms with E-state index in [0.29, 0.717) is 0 Å². The van der Waals surface area contributed by atoms with E-state index in [4.69, 9.17) is 11.6 Å². The van der Waals surface area contributed by atoms with Crippen LogP contribution in [0.5, 0.6) is 0 Å². The van der Waals surface area contributed by atoms with Gasteiger partial charge in [-0.15, -0.1) is 0 Å². The average molecular weight is 247 g/mol. The van der Waals surface area contributed by atoms with E-state index in [2.05, 4.69) is 16.4 Å². The molecule has 3 heteroatoms. The van der Waals surface area contributed by atoms with Gasteiger partial charge in [-0.1, -0.05) is 29.8 Å². The number of halogens is 1. The predicted molar refractivity (Wildman–Crippen MR) is 71.1 cm³/mol. The summed E-state index contributed by atoms with van der Waals surface area (Å²) in [6.07, 6.45) is 2.77. The maximum Gasteiger partial charge on any atom is 0.0416 e. The minimum Gasteiger partial charge on any atom is -0.312 e. The Labute approximate surface area is 107 Å². The van der Waals surface area contributed by atoms with Gasteiger partial charge in [-0.05, 0) is 29.8 Å². The maximum absolute atomic E-state index is 5.92.